The van der Waals surface area contributed by atoms with Gasteiger partial charge >= 0.3 is 0 Å². The number of hydrogen-bond acceptors (Lipinski definition) is 3. The number of nitrogens with one attached hydrogen (secondary N) is 1. The number of aromatic nitrogens is 1. The number of fused-ring (bicyclic) bond motifs is 2. The maximum Gasteiger partial charge on any atom is 0.251 e. The number of carbonyl (C=O) groups excluding carboxylic acids is 1. The molecule has 3 aliphatic carbocycles. The van der Waals surface area contributed by atoms with Crippen molar-refractivity contribution < 1.29 is 13.9 Å². The number of pyridine rings is 1. The first-order valence-electron chi connectivity index (χ1n) is 11.3. The van der Waals surface area contributed by atoms with E-state index in [1.165, 1.54) is 25.0 Å². The van der Waals surface area contributed by atoms with Gasteiger partial charge in [-0.3, -0.25) is 9.78 Å². The second-order valence-electron chi connectivity index (χ2n) is 9.43. The lowest BCUT2D eigenvalue weighted by atomic mass is 9.98. The van der Waals surface area contributed by atoms with Gasteiger partial charge in [-0.25, -0.2) is 4.39 Å². The number of rotatable bonds is 6. The molecule has 4 nitrogen and oxygen atoms in total. The van der Waals surface area contributed by atoms with Crippen LogP contribution in [0.2, 0.25) is 5.02 Å². The average Bonchev–Trinajstić information content (AvgIpc) is 3.70. The first kappa shape index (κ1) is 20.0. The Labute approximate surface area is 191 Å². The first-order valence-corrected chi connectivity index (χ1v) is 11.7. The Balaban J connectivity index is 1.11. The molecule has 3 aliphatic rings. The van der Waals surface area contributed by atoms with Gasteiger partial charge in [0.1, 0.15) is 11.6 Å². The van der Waals surface area contributed by atoms with Gasteiger partial charge in [0.05, 0.1) is 11.6 Å². The van der Waals surface area contributed by atoms with Crippen LogP contribution in [0.5, 0.6) is 5.75 Å². The van der Waals surface area contributed by atoms with Crippen molar-refractivity contribution in [3.63, 3.8) is 0 Å². The minimum Gasteiger partial charge on any atom is -0.490 e. The molecule has 1 aromatic heterocycles. The van der Waals surface area contributed by atoms with E-state index in [-0.39, 0.29) is 23.9 Å². The molecule has 1 heterocycles. The second-order valence-corrected chi connectivity index (χ2v) is 9.87. The molecule has 164 valence electrons. The standard InChI is InChI=1S/C26H24ClFN2O2/c27-16-5-3-15(4-6-16)26(31)30-25(14-1-2-14)24-19-12-18(13-20(19)24)32-23-9-10-29-22-8-7-17(28)11-21(22)23/h3-11,14,18-20,24-25H,1-2,12-13H2,(H,30,31)/t18-,19-,20+,24+,25?. The second kappa shape index (κ2) is 7.73. The Morgan fingerprint density at radius 2 is 1.84 bits per heavy atom. The molecule has 1 unspecified atom stereocenters. The molecule has 5 atom stereocenters. The Morgan fingerprint density at radius 3 is 2.56 bits per heavy atom. The van der Waals surface area contributed by atoms with E-state index in [1.807, 2.05) is 6.07 Å². The molecule has 6 heteroatoms. The summed E-state index contributed by atoms with van der Waals surface area (Å²) >= 11 is 5.95. The third-order valence-corrected chi connectivity index (χ3v) is 7.63. The first-order chi connectivity index (χ1) is 15.6. The van der Waals surface area contributed by atoms with E-state index >= 15 is 0 Å². The highest BCUT2D eigenvalue weighted by Gasteiger charge is 2.61. The summed E-state index contributed by atoms with van der Waals surface area (Å²) in [6.45, 7) is 0. The molecule has 0 aliphatic heterocycles. The van der Waals surface area contributed by atoms with Crippen LogP contribution < -0.4 is 10.1 Å². The summed E-state index contributed by atoms with van der Waals surface area (Å²) in [4.78, 5) is 17.1. The SMILES string of the molecule is O=C(NC(C1CC1)[C@H]1[C@@H]2C[C@@H](Oc3ccnc4ccc(F)cc34)C[C@@H]21)c1ccc(Cl)cc1. The van der Waals surface area contributed by atoms with Gasteiger partial charge in [0.15, 0.2) is 0 Å². The molecule has 1 N–H and O–H groups in total. The zero-order valence-corrected chi connectivity index (χ0v) is 18.3. The van der Waals surface area contributed by atoms with Crippen molar-refractivity contribution in [3.8, 4) is 5.75 Å². The van der Waals surface area contributed by atoms with Gasteiger partial charge in [-0.05, 0) is 97.9 Å². The fourth-order valence-electron chi connectivity index (χ4n) is 5.67. The van der Waals surface area contributed by atoms with Crippen molar-refractivity contribution in [3.05, 3.63) is 71.1 Å². The predicted octanol–water partition coefficient (Wildman–Crippen LogP) is 5.64. The van der Waals surface area contributed by atoms with Gasteiger partial charge < -0.3 is 10.1 Å². The van der Waals surface area contributed by atoms with Crippen LogP contribution in [-0.2, 0) is 0 Å². The van der Waals surface area contributed by atoms with Crippen LogP contribution in [-0.4, -0.2) is 23.0 Å². The molecule has 0 spiro atoms. The minimum atomic E-state index is -0.284. The van der Waals surface area contributed by atoms with Crippen LogP contribution in [0, 0.1) is 29.5 Å². The van der Waals surface area contributed by atoms with Crippen molar-refractivity contribution in [2.45, 2.75) is 37.8 Å². The van der Waals surface area contributed by atoms with E-state index in [4.69, 9.17) is 16.3 Å². The molecule has 1 amide bonds. The van der Waals surface area contributed by atoms with E-state index in [9.17, 15) is 9.18 Å². The topological polar surface area (TPSA) is 51.2 Å². The van der Waals surface area contributed by atoms with Crippen LogP contribution in [0.4, 0.5) is 4.39 Å². The quantitative estimate of drug-likeness (QED) is 0.528. The monoisotopic (exact) mass is 450 g/mol. The summed E-state index contributed by atoms with van der Waals surface area (Å²) in [5, 5.41) is 4.68. The van der Waals surface area contributed by atoms with Gasteiger partial charge in [0, 0.05) is 28.2 Å². The van der Waals surface area contributed by atoms with Crippen molar-refractivity contribution in [2.24, 2.45) is 23.7 Å². The Hall–Kier alpha value is -2.66. The Morgan fingerprint density at radius 1 is 1.09 bits per heavy atom. The largest absolute Gasteiger partial charge is 0.490 e. The third kappa shape index (κ3) is 3.73. The molecule has 6 rings (SSSR count). The summed E-state index contributed by atoms with van der Waals surface area (Å²) in [7, 11) is 0. The zero-order valence-electron chi connectivity index (χ0n) is 17.5. The Kier molecular flexibility index (Phi) is 4.83. The highest BCUT2D eigenvalue weighted by Crippen LogP contribution is 2.62. The molecular weight excluding hydrogens is 427 g/mol. The average molecular weight is 451 g/mol. The molecule has 3 aromatic rings. The number of amides is 1. The smallest absolute Gasteiger partial charge is 0.251 e. The van der Waals surface area contributed by atoms with Crippen LogP contribution in [0.3, 0.4) is 0 Å². The molecule has 0 bridgehead atoms. The molecule has 0 saturated heterocycles. The van der Waals surface area contributed by atoms with E-state index in [0.29, 0.717) is 40.0 Å². The lowest BCUT2D eigenvalue weighted by molar-refractivity contribution is 0.0918. The predicted molar refractivity (Wildman–Crippen MR) is 121 cm³/mol. The summed E-state index contributed by atoms with van der Waals surface area (Å²) in [6.07, 6.45) is 6.18. The third-order valence-electron chi connectivity index (χ3n) is 7.37. The summed E-state index contributed by atoms with van der Waals surface area (Å²) in [5.74, 6) is 2.70. The molecule has 3 saturated carbocycles. The van der Waals surface area contributed by atoms with Crippen LogP contribution in [0.1, 0.15) is 36.0 Å². The number of halogens is 2. The normalized spacial score (nSPS) is 27.1. The van der Waals surface area contributed by atoms with Gasteiger partial charge in [-0.1, -0.05) is 11.6 Å². The van der Waals surface area contributed by atoms with Crippen LogP contribution in [0.25, 0.3) is 10.9 Å². The number of nitrogens with zero attached hydrogens (tertiary/aromatic N) is 1. The molecular formula is C26H24ClFN2O2. The lowest BCUT2D eigenvalue weighted by Crippen LogP contribution is -2.39. The summed E-state index contributed by atoms with van der Waals surface area (Å²) < 4.78 is 20.0. The van der Waals surface area contributed by atoms with Crippen LogP contribution in [0.15, 0.2) is 54.7 Å². The van der Waals surface area contributed by atoms with E-state index < -0.39 is 0 Å². The van der Waals surface area contributed by atoms with E-state index in [1.54, 1.807) is 36.5 Å². The van der Waals surface area contributed by atoms with Crippen molar-refractivity contribution in [2.75, 3.05) is 0 Å². The highest BCUT2D eigenvalue weighted by molar-refractivity contribution is 6.30. The summed E-state index contributed by atoms with van der Waals surface area (Å²) in [5.41, 5.74) is 1.40. The molecule has 2 aromatic carbocycles. The number of hydrogen-bond donors (Lipinski definition) is 1. The highest BCUT2D eigenvalue weighted by atomic mass is 35.5. The Bertz CT molecular complexity index is 1170. The zero-order chi connectivity index (χ0) is 21.8. The number of benzene rings is 2. The van der Waals surface area contributed by atoms with Gasteiger partial charge in [-0.15, -0.1) is 0 Å². The van der Waals surface area contributed by atoms with Gasteiger partial charge in [0.25, 0.3) is 5.91 Å². The maximum absolute atomic E-state index is 13.7. The van der Waals surface area contributed by atoms with Crippen molar-refractivity contribution in [1.29, 1.82) is 0 Å². The molecule has 3 fully saturated rings. The number of ether oxygens (including phenoxy) is 1. The van der Waals surface area contributed by atoms with E-state index in [2.05, 4.69) is 10.3 Å². The van der Waals surface area contributed by atoms with E-state index in [0.717, 1.165) is 23.7 Å². The van der Waals surface area contributed by atoms with Gasteiger partial charge in [0.2, 0.25) is 0 Å². The van der Waals surface area contributed by atoms with Crippen LogP contribution >= 0.6 is 11.6 Å². The van der Waals surface area contributed by atoms with Crippen molar-refractivity contribution in [1.82, 2.24) is 10.3 Å². The fourth-order valence-corrected chi connectivity index (χ4v) is 5.79. The summed E-state index contributed by atoms with van der Waals surface area (Å²) in [6, 6.07) is 13.7. The van der Waals surface area contributed by atoms with Crippen molar-refractivity contribution >= 4 is 28.4 Å². The molecule has 32 heavy (non-hydrogen) atoms. The maximum atomic E-state index is 13.7. The lowest BCUT2D eigenvalue weighted by Gasteiger charge is -2.23. The molecule has 0 radical (unpaired) electrons. The minimum absolute atomic E-state index is 0.0124. The van der Waals surface area contributed by atoms with Gasteiger partial charge in [-0.2, -0.15) is 0 Å². The fraction of sp³-hybridized carbons (Fsp3) is 0.385. The number of carbonyl (C=O) groups is 1.